The number of aromatic amines is 1. The maximum Gasteiger partial charge on any atom is 0.273 e. The van der Waals surface area contributed by atoms with Gasteiger partial charge in [-0.1, -0.05) is 24.4 Å². The van der Waals surface area contributed by atoms with E-state index in [4.69, 9.17) is 11.6 Å². The smallest absolute Gasteiger partial charge is 0.273 e. The van der Waals surface area contributed by atoms with E-state index in [-0.39, 0.29) is 16.3 Å². The summed E-state index contributed by atoms with van der Waals surface area (Å²) in [5, 5.41) is 19.9. The number of H-pyrrole nitrogens is 1. The van der Waals surface area contributed by atoms with E-state index in [1.54, 1.807) is 24.3 Å². The number of phenolic OH excluding ortho intramolecular Hbond substituents is 1. The molecule has 32 heavy (non-hydrogen) atoms. The quantitative estimate of drug-likeness (QED) is 0.511. The molecule has 1 aromatic heterocycles. The molecule has 10 heteroatoms. The fourth-order valence-corrected chi connectivity index (χ4v) is 5.32. The second-order valence-corrected chi connectivity index (χ2v) is 10.00. The fourth-order valence-electron chi connectivity index (χ4n) is 3.63. The molecule has 2 heterocycles. The van der Waals surface area contributed by atoms with Crippen molar-refractivity contribution in [2.75, 3.05) is 18.4 Å². The number of benzene rings is 2. The van der Waals surface area contributed by atoms with Gasteiger partial charge < -0.3 is 10.4 Å². The number of nitrogens with one attached hydrogen (secondary N) is 2. The highest BCUT2D eigenvalue weighted by atomic mass is 35.5. The predicted molar refractivity (Wildman–Crippen MR) is 122 cm³/mol. The van der Waals surface area contributed by atoms with E-state index in [2.05, 4.69) is 15.5 Å². The van der Waals surface area contributed by atoms with Gasteiger partial charge in [0, 0.05) is 29.4 Å². The van der Waals surface area contributed by atoms with Crippen LogP contribution in [0.15, 0.2) is 53.4 Å². The van der Waals surface area contributed by atoms with Crippen LogP contribution in [0.1, 0.15) is 36.2 Å². The van der Waals surface area contributed by atoms with E-state index in [1.165, 1.54) is 28.6 Å². The first kappa shape index (κ1) is 22.3. The highest BCUT2D eigenvalue weighted by Crippen LogP contribution is 2.31. The van der Waals surface area contributed by atoms with Crippen molar-refractivity contribution >= 4 is 33.2 Å². The molecule has 168 valence electrons. The van der Waals surface area contributed by atoms with Crippen LogP contribution in [-0.2, 0) is 10.0 Å². The second kappa shape index (κ2) is 9.32. The zero-order chi connectivity index (χ0) is 22.7. The van der Waals surface area contributed by atoms with E-state index in [1.807, 2.05) is 0 Å². The number of halogens is 1. The van der Waals surface area contributed by atoms with Gasteiger partial charge in [0.1, 0.15) is 11.4 Å². The average Bonchev–Trinajstić information content (AvgIpc) is 3.10. The molecule has 0 unspecified atom stereocenters. The summed E-state index contributed by atoms with van der Waals surface area (Å²) in [6, 6.07) is 12.2. The van der Waals surface area contributed by atoms with Crippen molar-refractivity contribution in [1.82, 2.24) is 14.5 Å². The summed E-state index contributed by atoms with van der Waals surface area (Å²) in [4.78, 5) is 12.8. The minimum absolute atomic E-state index is 0.00550. The van der Waals surface area contributed by atoms with Gasteiger partial charge in [0.2, 0.25) is 10.0 Å². The third kappa shape index (κ3) is 4.79. The molecule has 0 bridgehead atoms. The summed E-state index contributed by atoms with van der Waals surface area (Å²) >= 11 is 5.97. The first-order chi connectivity index (χ1) is 15.3. The summed E-state index contributed by atoms with van der Waals surface area (Å²) in [5.41, 5.74) is 1.40. The van der Waals surface area contributed by atoms with Crippen molar-refractivity contribution in [3.8, 4) is 17.0 Å². The highest BCUT2D eigenvalue weighted by Gasteiger charge is 2.25. The predicted octanol–water partition coefficient (Wildman–Crippen LogP) is 4.25. The largest absolute Gasteiger partial charge is 0.507 e. The molecule has 1 amide bonds. The molecule has 0 saturated carbocycles. The number of aromatic hydroxyl groups is 1. The van der Waals surface area contributed by atoms with E-state index >= 15 is 0 Å². The van der Waals surface area contributed by atoms with Crippen LogP contribution in [0, 0.1) is 0 Å². The lowest BCUT2D eigenvalue weighted by Crippen LogP contribution is -2.31. The van der Waals surface area contributed by atoms with Crippen LogP contribution in [-0.4, -0.2) is 47.0 Å². The summed E-state index contributed by atoms with van der Waals surface area (Å²) in [7, 11) is -3.55. The molecule has 2 aromatic carbocycles. The van der Waals surface area contributed by atoms with E-state index in [0.717, 1.165) is 25.7 Å². The van der Waals surface area contributed by atoms with Gasteiger partial charge in [0.25, 0.3) is 5.91 Å². The Labute approximate surface area is 191 Å². The molecule has 0 aliphatic carbocycles. The molecule has 1 saturated heterocycles. The number of sulfonamides is 1. The summed E-state index contributed by atoms with van der Waals surface area (Å²) in [6.45, 7) is 1.07. The number of nitrogens with zero attached hydrogens (tertiary/aromatic N) is 2. The van der Waals surface area contributed by atoms with Crippen molar-refractivity contribution < 1.29 is 18.3 Å². The number of phenols is 1. The number of anilines is 1. The molecule has 1 fully saturated rings. The molecular weight excluding hydrogens is 452 g/mol. The number of rotatable bonds is 5. The van der Waals surface area contributed by atoms with Crippen LogP contribution in [0.3, 0.4) is 0 Å². The van der Waals surface area contributed by atoms with Gasteiger partial charge in [-0.2, -0.15) is 9.40 Å². The molecule has 3 N–H and O–H groups in total. The van der Waals surface area contributed by atoms with Gasteiger partial charge in [-0.05, 0) is 61.4 Å². The Kier molecular flexibility index (Phi) is 6.50. The normalized spacial score (nSPS) is 15.3. The molecule has 4 rings (SSSR count). The van der Waals surface area contributed by atoms with E-state index in [9.17, 15) is 18.3 Å². The molecule has 1 aliphatic heterocycles. The van der Waals surface area contributed by atoms with Crippen LogP contribution in [0.2, 0.25) is 5.02 Å². The third-order valence-corrected chi connectivity index (χ3v) is 7.52. The number of aromatic nitrogens is 2. The maximum absolute atomic E-state index is 12.9. The van der Waals surface area contributed by atoms with Gasteiger partial charge in [-0.3, -0.25) is 9.89 Å². The van der Waals surface area contributed by atoms with E-state index in [0.29, 0.717) is 35.1 Å². The molecular formula is C22H23ClN4O4S. The third-order valence-electron chi connectivity index (χ3n) is 5.37. The zero-order valence-corrected chi connectivity index (χ0v) is 18.8. The Morgan fingerprint density at radius 3 is 2.41 bits per heavy atom. The zero-order valence-electron chi connectivity index (χ0n) is 17.2. The van der Waals surface area contributed by atoms with Crippen molar-refractivity contribution in [3.63, 3.8) is 0 Å². The SMILES string of the molecule is O=C(Nc1ccc(S(=O)(=O)N2CCCCCC2)cc1)c1cc(-c2cc(Cl)ccc2O)n[nH]1. The lowest BCUT2D eigenvalue weighted by atomic mass is 10.1. The van der Waals surface area contributed by atoms with Crippen molar-refractivity contribution in [3.05, 3.63) is 59.2 Å². The Morgan fingerprint density at radius 2 is 1.72 bits per heavy atom. The summed E-state index contributed by atoms with van der Waals surface area (Å²) in [6.07, 6.45) is 3.82. The van der Waals surface area contributed by atoms with Gasteiger partial charge in [0.05, 0.1) is 10.6 Å². The first-order valence-electron chi connectivity index (χ1n) is 10.3. The standard InChI is InChI=1S/C22H23ClN4O4S/c23-15-5-10-21(28)18(13-15)19-14-20(26-25-19)22(29)24-16-6-8-17(9-7-16)32(30,31)27-11-3-1-2-4-12-27/h5-10,13-14,28H,1-4,11-12H2,(H,24,29)(H,25,26). The minimum atomic E-state index is -3.55. The number of carbonyl (C=O) groups is 1. The van der Waals surface area contributed by atoms with Gasteiger partial charge in [-0.15, -0.1) is 0 Å². The van der Waals surface area contributed by atoms with Crippen LogP contribution in [0.4, 0.5) is 5.69 Å². The van der Waals surface area contributed by atoms with Crippen molar-refractivity contribution in [2.24, 2.45) is 0 Å². The Morgan fingerprint density at radius 1 is 1.03 bits per heavy atom. The average molecular weight is 475 g/mol. The number of hydrogen-bond donors (Lipinski definition) is 3. The molecule has 3 aromatic rings. The second-order valence-electron chi connectivity index (χ2n) is 7.63. The lowest BCUT2D eigenvalue weighted by Gasteiger charge is -2.20. The van der Waals surface area contributed by atoms with Crippen LogP contribution in [0.5, 0.6) is 5.75 Å². The molecule has 1 aliphatic rings. The maximum atomic E-state index is 12.9. The number of hydrogen-bond acceptors (Lipinski definition) is 5. The summed E-state index contributed by atoms with van der Waals surface area (Å²) < 4.78 is 27.3. The van der Waals surface area contributed by atoms with Gasteiger partial charge in [0.15, 0.2) is 0 Å². The Hall–Kier alpha value is -2.88. The fraction of sp³-hybridized carbons (Fsp3) is 0.273. The molecule has 8 nitrogen and oxygen atoms in total. The topological polar surface area (TPSA) is 115 Å². The van der Waals surface area contributed by atoms with Crippen molar-refractivity contribution in [1.29, 1.82) is 0 Å². The Balaban J connectivity index is 1.46. The summed E-state index contributed by atoms with van der Waals surface area (Å²) in [5.74, 6) is -0.456. The highest BCUT2D eigenvalue weighted by molar-refractivity contribution is 7.89. The van der Waals surface area contributed by atoms with Crippen LogP contribution < -0.4 is 5.32 Å². The van der Waals surface area contributed by atoms with E-state index < -0.39 is 15.9 Å². The van der Waals surface area contributed by atoms with Gasteiger partial charge >= 0.3 is 0 Å². The van der Waals surface area contributed by atoms with Crippen LogP contribution >= 0.6 is 11.6 Å². The first-order valence-corrected chi connectivity index (χ1v) is 12.1. The monoisotopic (exact) mass is 474 g/mol. The molecule has 0 spiro atoms. The number of carbonyl (C=O) groups excluding carboxylic acids is 1. The van der Waals surface area contributed by atoms with Crippen molar-refractivity contribution in [2.45, 2.75) is 30.6 Å². The number of amides is 1. The Bertz CT molecular complexity index is 1220. The van der Waals surface area contributed by atoms with Crippen LogP contribution in [0.25, 0.3) is 11.3 Å². The molecule has 0 radical (unpaired) electrons. The minimum Gasteiger partial charge on any atom is -0.507 e. The molecule has 0 atom stereocenters. The lowest BCUT2D eigenvalue weighted by molar-refractivity contribution is 0.102. The van der Waals surface area contributed by atoms with Gasteiger partial charge in [-0.25, -0.2) is 8.42 Å².